The van der Waals surface area contributed by atoms with E-state index in [1.165, 1.54) is 0 Å². The Kier molecular flexibility index (Phi) is 5.10. The molecule has 0 aliphatic rings. The Morgan fingerprint density at radius 3 is 2.35 bits per heavy atom. The Morgan fingerprint density at radius 1 is 1.24 bits per heavy atom. The average molecular weight is 295 g/mol. The molecule has 0 aliphatic carbocycles. The summed E-state index contributed by atoms with van der Waals surface area (Å²) in [5.41, 5.74) is 5.01. The van der Waals surface area contributed by atoms with Crippen LogP contribution >= 0.6 is 15.9 Å². The topological polar surface area (TPSA) is 41.5 Å². The van der Waals surface area contributed by atoms with Gasteiger partial charge in [-0.25, -0.2) is 5.43 Å². The van der Waals surface area contributed by atoms with Crippen LogP contribution in [-0.4, -0.2) is 11.6 Å². The molecule has 0 aromatic heterocycles. The standard InChI is InChI=1S/C13H15BrN2O/c1-9(2)8-10(3)15-16-13(17)11-4-6-12(14)7-5-11/h4-8H,1-3H3,(H,16,17)/b15-10+. The van der Waals surface area contributed by atoms with Crippen LogP contribution in [0.15, 0.2) is 45.5 Å². The number of hydrazone groups is 1. The molecule has 1 aromatic rings. The number of hydrogen-bond donors (Lipinski definition) is 1. The fraction of sp³-hybridized carbons (Fsp3) is 0.231. The van der Waals surface area contributed by atoms with Crippen molar-refractivity contribution in [1.29, 1.82) is 0 Å². The number of rotatable bonds is 3. The lowest BCUT2D eigenvalue weighted by Crippen LogP contribution is -2.18. The molecule has 1 rings (SSSR count). The van der Waals surface area contributed by atoms with E-state index < -0.39 is 0 Å². The van der Waals surface area contributed by atoms with Gasteiger partial charge in [-0.1, -0.05) is 21.5 Å². The molecule has 17 heavy (non-hydrogen) atoms. The molecule has 0 heterocycles. The molecule has 1 amide bonds. The number of amides is 1. The van der Waals surface area contributed by atoms with Gasteiger partial charge in [-0.05, 0) is 51.1 Å². The minimum absolute atomic E-state index is 0.209. The van der Waals surface area contributed by atoms with Crippen molar-refractivity contribution >= 4 is 27.5 Å². The molecule has 0 atom stereocenters. The van der Waals surface area contributed by atoms with Crippen molar-refractivity contribution in [1.82, 2.24) is 5.43 Å². The number of hydrogen-bond acceptors (Lipinski definition) is 2. The summed E-state index contributed by atoms with van der Waals surface area (Å²) in [5.74, 6) is -0.209. The molecule has 0 aliphatic heterocycles. The summed E-state index contributed by atoms with van der Waals surface area (Å²) in [7, 11) is 0. The van der Waals surface area contributed by atoms with Crippen LogP contribution in [0.4, 0.5) is 0 Å². The lowest BCUT2D eigenvalue weighted by Gasteiger charge is -2.01. The summed E-state index contributed by atoms with van der Waals surface area (Å²) >= 11 is 3.32. The predicted molar refractivity (Wildman–Crippen MR) is 74.1 cm³/mol. The third-order valence-corrected chi connectivity index (χ3v) is 2.47. The monoisotopic (exact) mass is 294 g/mol. The number of benzene rings is 1. The maximum Gasteiger partial charge on any atom is 0.271 e. The highest BCUT2D eigenvalue weighted by Crippen LogP contribution is 2.10. The van der Waals surface area contributed by atoms with Crippen LogP contribution in [0, 0.1) is 0 Å². The van der Waals surface area contributed by atoms with Crippen LogP contribution in [0.2, 0.25) is 0 Å². The molecule has 0 bridgehead atoms. The van der Waals surface area contributed by atoms with Crippen LogP contribution in [-0.2, 0) is 0 Å². The van der Waals surface area contributed by atoms with Gasteiger partial charge in [0.05, 0.1) is 5.71 Å². The Labute approximate surface area is 110 Å². The zero-order chi connectivity index (χ0) is 12.8. The van der Waals surface area contributed by atoms with Crippen LogP contribution in [0.1, 0.15) is 31.1 Å². The lowest BCUT2D eigenvalue weighted by molar-refractivity contribution is 0.0955. The number of allylic oxidation sites excluding steroid dienone is 2. The normalized spacial score (nSPS) is 10.9. The SMILES string of the molecule is CC(C)=C/C(C)=N/NC(=O)c1ccc(Br)cc1. The first kappa shape index (κ1) is 13.6. The van der Waals surface area contributed by atoms with Crippen molar-refractivity contribution < 1.29 is 4.79 Å². The fourth-order valence-corrected chi connectivity index (χ4v) is 1.52. The van der Waals surface area contributed by atoms with Gasteiger partial charge in [0.15, 0.2) is 0 Å². The van der Waals surface area contributed by atoms with E-state index >= 15 is 0 Å². The molecule has 3 nitrogen and oxygen atoms in total. The average Bonchev–Trinajstić information content (AvgIpc) is 2.26. The van der Waals surface area contributed by atoms with E-state index in [9.17, 15) is 4.79 Å². The molecule has 1 N–H and O–H groups in total. The Hall–Kier alpha value is -1.42. The molecule has 0 saturated carbocycles. The summed E-state index contributed by atoms with van der Waals surface area (Å²) in [6, 6.07) is 7.12. The molecule has 0 spiro atoms. The van der Waals surface area contributed by atoms with Crippen LogP contribution in [0.3, 0.4) is 0 Å². The summed E-state index contributed by atoms with van der Waals surface area (Å²) in [6.45, 7) is 5.81. The second-order valence-corrected chi connectivity index (χ2v) is 4.84. The van der Waals surface area contributed by atoms with E-state index in [-0.39, 0.29) is 5.91 Å². The number of nitrogens with zero attached hydrogens (tertiary/aromatic N) is 1. The predicted octanol–water partition coefficient (Wildman–Crippen LogP) is 3.52. The maximum absolute atomic E-state index is 11.7. The van der Waals surface area contributed by atoms with E-state index in [0.717, 1.165) is 15.8 Å². The molecule has 1 aromatic carbocycles. The smallest absolute Gasteiger partial charge is 0.267 e. The molecule has 0 radical (unpaired) electrons. The van der Waals surface area contributed by atoms with E-state index in [2.05, 4.69) is 26.5 Å². The molecule has 0 saturated heterocycles. The molecule has 0 fully saturated rings. The summed E-state index contributed by atoms with van der Waals surface area (Å²) in [4.78, 5) is 11.7. The highest BCUT2D eigenvalue weighted by Gasteiger charge is 2.03. The second-order valence-electron chi connectivity index (χ2n) is 3.92. The zero-order valence-corrected chi connectivity index (χ0v) is 11.7. The number of carbonyl (C=O) groups excluding carboxylic acids is 1. The first-order chi connectivity index (χ1) is 7.99. The Balaban J connectivity index is 2.67. The van der Waals surface area contributed by atoms with Gasteiger partial charge in [-0.15, -0.1) is 0 Å². The van der Waals surface area contributed by atoms with Gasteiger partial charge in [-0.2, -0.15) is 5.10 Å². The van der Waals surface area contributed by atoms with Gasteiger partial charge in [-0.3, -0.25) is 4.79 Å². The first-order valence-corrected chi connectivity index (χ1v) is 6.03. The van der Waals surface area contributed by atoms with E-state index in [4.69, 9.17) is 0 Å². The lowest BCUT2D eigenvalue weighted by atomic mass is 10.2. The van der Waals surface area contributed by atoms with Crippen molar-refractivity contribution in [2.24, 2.45) is 5.10 Å². The quantitative estimate of drug-likeness (QED) is 0.672. The first-order valence-electron chi connectivity index (χ1n) is 5.24. The molecule has 90 valence electrons. The molecular weight excluding hydrogens is 280 g/mol. The number of halogens is 1. The summed E-state index contributed by atoms with van der Waals surface area (Å²) < 4.78 is 0.943. The second kappa shape index (κ2) is 6.35. The van der Waals surface area contributed by atoms with E-state index in [1.807, 2.05) is 39.0 Å². The fourth-order valence-electron chi connectivity index (χ4n) is 1.25. The maximum atomic E-state index is 11.7. The van der Waals surface area contributed by atoms with Gasteiger partial charge in [0.25, 0.3) is 5.91 Å². The van der Waals surface area contributed by atoms with Crippen molar-refractivity contribution in [2.75, 3.05) is 0 Å². The van der Waals surface area contributed by atoms with Crippen molar-refractivity contribution in [2.45, 2.75) is 20.8 Å². The van der Waals surface area contributed by atoms with Crippen molar-refractivity contribution in [3.8, 4) is 0 Å². The summed E-state index contributed by atoms with van der Waals surface area (Å²) in [5, 5.41) is 3.99. The Bertz CT molecular complexity index is 457. The summed E-state index contributed by atoms with van der Waals surface area (Å²) in [6.07, 6.45) is 1.90. The minimum atomic E-state index is -0.209. The largest absolute Gasteiger partial charge is 0.271 e. The van der Waals surface area contributed by atoms with Gasteiger partial charge in [0.1, 0.15) is 0 Å². The van der Waals surface area contributed by atoms with Gasteiger partial charge < -0.3 is 0 Å². The Morgan fingerprint density at radius 2 is 1.82 bits per heavy atom. The number of carbonyl (C=O) groups is 1. The van der Waals surface area contributed by atoms with Gasteiger partial charge in [0.2, 0.25) is 0 Å². The zero-order valence-electron chi connectivity index (χ0n) is 10.1. The highest BCUT2D eigenvalue weighted by molar-refractivity contribution is 9.10. The molecule has 4 heteroatoms. The van der Waals surface area contributed by atoms with Crippen molar-refractivity contribution in [3.05, 3.63) is 46.0 Å². The van der Waals surface area contributed by atoms with E-state index in [1.54, 1.807) is 12.1 Å². The molecular formula is C13H15BrN2O. The van der Waals surface area contributed by atoms with Crippen LogP contribution < -0.4 is 5.43 Å². The van der Waals surface area contributed by atoms with Gasteiger partial charge >= 0.3 is 0 Å². The van der Waals surface area contributed by atoms with Crippen molar-refractivity contribution in [3.63, 3.8) is 0 Å². The van der Waals surface area contributed by atoms with Gasteiger partial charge in [0, 0.05) is 10.0 Å². The van der Waals surface area contributed by atoms with Crippen LogP contribution in [0.5, 0.6) is 0 Å². The minimum Gasteiger partial charge on any atom is -0.267 e. The number of nitrogens with one attached hydrogen (secondary N) is 1. The molecule has 0 unspecified atom stereocenters. The van der Waals surface area contributed by atoms with E-state index in [0.29, 0.717) is 5.56 Å². The third kappa shape index (κ3) is 4.95. The third-order valence-electron chi connectivity index (χ3n) is 1.94. The highest BCUT2D eigenvalue weighted by atomic mass is 79.9. The van der Waals surface area contributed by atoms with Crippen LogP contribution in [0.25, 0.3) is 0 Å².